The molecule has 3 rings (SSSR count). The minimum absolute atomic E-state index is 0.0903. The summed E-state index contributed by atoms with van der Waals surface area (Å²) in [5, 5.41) is 3.45. The van der Waals surface area contributed by atoms with Crippen LogP contribution in [0.25, 0.3) is 0 Å². The lowest BCUT2D eigenvalue weighted by Gasteiger charge is -2.16. The van der Waals surface area contributed by atoms with E-state index in [1.54, 1.807) is 13.2 Å². The Balaban J connectivity index is 1.84. The molecule has 0 fully saturated rings. The van der Waals surface area contributed by atoms with Gasteiger partial charge in [-0.25, -0.2) is 4.39 Å². The summed E-state index contributed by atoms with van der Waals surface area (Å²) < 4.78 is 18.9. The van der Waals surface area contributed by atoms with Crippen LogP contribution in [0.3, 0.4) is 0 Å². The zero-order chi connectivity index (χ0) is 13.2. The van der Waals surface area contributed by atoms with E-state index >= 15 is 0 Å². The molecule has 1 aliphatic carbocycles. The Morgan fingerprint density at radius 2 is 2.05 bits per heavy atom. The van der Waals surface area contributed by atoms with Gasteiger partial charge in [-0.05, 0) is 42.2 Å². The van der Waals surface area contributed by atoms with Crippen molar-refractivity contribution in [1.82, 2.24) is 0 Å². The lowest BCUT2D eigenvalue weighted by atomic mass is 10.1. The molecule has 1 aliphatic rings. The maximum absolute atomic E-state index is 13.7. The molecule has 1 unspecified atom stereocenters. The smallest absolute Gasteiger partial charge is 0.126 e. The number of methoxy groups -OCH3 is 1. The van der Waals surface area contributed by atoms with Crippen molar-refractivity contribution in [3.05, 3.63) is 59.4 Å². The fourth-order valence-corrected chi connectivity index (χ4v) is 2.67. The monoisotopic (exact) mass is 257 g/mol. The molecule has 3 heteroatoms. The minimum Gasteiger partial charge on any atom is -0.497 e. The maximum atomic E-state index is 13.7. The standard InChI is InChI=1S/C16H16FNO/c1-19-12-5-2-4-11(10-12)18-16-9-8-13-14(16)6-3-7-15(13)17/h2-7,10,16,18H,8-9H2,1H3. The van der Waals surface area contributed by atoms with Crippen molar-refractivity contribution in [1.29, 1.82) is 0 Å². The van der Waals surface area contributed by atoms with Gasteiger partial charge in [-0.2, -0.15) is 0 Å². The molecule has 0 bridgehead atoms. The molecule has 2 aromatic rings. The molecule has 1 atom stereocenters. The Morgan fingerprint density at radius 3 is 2.89 bits per heavy atom. The number of rotatable bonds is 3. The number of hydrogen-bond donors (Lipinski definition) is 1. The highest BCUT2D eigenvalue weighted by Gasteiger charge is 2.24. The predicted octanol–water partition coefficient (Wildman–Crippen LogP) is 3.93. The van der Waals surface area contributed by atoms with Gasteiger partial charge in [-0.15, -0.1) is 0 Å². The summed E-state index contributed by atoms with van der Waals surface area (Å²) in [4.78, 5) is 0. The Kier molecular flexibility index (Phi) is 3.11. The molecule has 0 saturated carbocycles. The maximum Gasteiger partial charge on any atom is 0.126 e. The Hall–Kier alpha value is -2.03. The molecule has 0 radical (unpaired) electrons. The number of anilines is 1. The van der Waals surface area contributed by atoms with Crippen molar-refractivity contribution < 1.29 is 9.13 Å². The second kappa shape index (κ2) is 4.92. The highest BCUT2D eigenvalue weighted by atomic mass is 19.1. The molecule has 2 aromatic carbocycles. The predicted molar refractivity (Wildman–Crippen MR) is 74.1 cm³/mol. The van der Waals surface area contributed by atoms with Crippen molar-refractivity contribution >= 4 is 5.69 Å². The van der Waals surface area contributed by atoms with E-state index in [4.69, 9.17) is 4.74 Å². The van der Waals surface area contributed by atoms with Crippen LogP contribution in [-0.4, -0.2) is 7.11 Å². The molecule has 0 aromatic heterocycles. The summed E-state index contributed by atoms with van der Waals surface area (Å²) in [5.74, 6) is 0.731. The molecule has 19 heavy (non-hydrogen) atoms. The summed E-state index contributed by atoms with van der Waals surface area (Å²) in [5.41, 5.74) is 2.92. The highest BCUT2D eigenvalue weighted by molar-refractivity contribution is 5.51. The van der Waals surface area contributed by atoms with Crippen LogP contribution in [0.2, 0.25) is 0 Å². The van der Waals surface area contributed by atoms with E-state index in [1.807, 2.05) is 30.3 Å². The Morgan fingerprint density at radius 1 is 1.21 bits per heavy atom. The average molecular weight is 257 g/mol. The van der Waals surface area contributed by atoms with Gasteiger partial charge in [-0.1, -0.05) is 18.2 Å². The highest BCUT2D eigenvalue weighted by Crippen LogP contribution is 2.35. The fourth-order valence-electron chi connectivity index (χ4n) is 2.67. The lowest BCUT2D eigenvalue weighted by Crippen LogP contribution is -2.07. The molecule has 1 N–H and O–H groups in total. The third kappa shape index (κ3) is 2.28. The van der Waals surface area contributed by atoms with Gasteiger partial charge in [0.25, 0.3) is 0 Å². The van der Waals surface area contributed by atoms with E-state index < -0.39 is 0 Å². The second-order valence-corrected chi connectivity index (χ2v) is 4.78. The van der Waals surface area contributed by atoms with Gasteiger partial charge in [-0.3, -0.25) is 0 Å². The summed E-state index contributed by atoms with van der Waals surface area (Å²) in [6, 6.07) is 13.3. The van der Waals surface area contributed by atoms with Gasteiger partial charge >= 0.3 is 0 Å². The van der Waals surface area contributed by atoms with Crippen LogP contribution in [-0.2, 0) is 6.42 Å². The number of halogens is 1. The van der Waals surface area contributed by atoms with Crippen LogP contribution in [0.1, 0.15) is 23.6 Å². The van der Waals surface area contributed by atoms with Crippen molar-refractivity contribution in [2.24, 2.45) is 0 Å². The first-order chi connectivity index (χ1) is 9.28. The second-order valence-electron chi connectivity index (χ2n) is 4.78. The molecular formula is C16H16FNO. The van der Waals surface area contributed by atoms with E-state index in [9.17, 15) is 4.39 Å². The summed E-state index contributed by atoms with van der Waals surface area (Å²) in [6.07, 6.45) is 1.72. The Labute approximate surface area is 112 Å². The zero-order valence-corrected chi connectivity index (χ0v) is 10.8. The number of hydrogen-bond acceptors (Lipinski definition) is 2. The first-order valence-corrected chi connectivity index (χ1v) is 6.46. The van der Waals surface area contributed by atoms with Gasteiger partial charge in [0.1, 0.15) is 11.6 Å². The van der Waals surface area contributed by atoms with Crippen LogP contribution >= 0.6 is 0 Å². The topological polar surface area (TPSA) is 21.3 Å². The van der Waals surface area contributed by atoms with E-state index in [1.165, 1.54) is 6.07 Å². The van der Waals surface area contributed by atoms with Gasteiger partial charge in [0.05, 0.1) is 13.2 Å². The number of ether oxygens (including phenoxy) is 1. The van der Waals surface area contributed by atoms with Crippen LogP contribution in [0.5, 0.6) is 5.75 Å². The molecule has 0 spiro atoms. The summed E-state index contributed by atoms with van der Waals surface area (Å²) >= 11 is 0. The van der Waals surface area contributed by atoms with Crippen molar-refractivity contribution in [3.63, 3.8) is 0 Å². The van der Waals surface area contributed by atoms with Gasteiger partial charge in [0.15, 0.2) is 0 Å². The van der Waals surface area contributed by atoms with E-state index in [-0.39, 0.29) is 11.9 Å². The van der Waals surface area contributed by atoms with Crippen molar-refractivity contribution in [2.75, 3.05) is 12.4 Å². The van der Waals surface area contributed by atoms with Crippen LogP contribution in [0.15, 0.2) is 42.5 Å². The third-order valence-corrected chi connectivity index (χ3v) is 3.62. The van der Waals surface area contributed by atoms with E-state index in [0.717, 1.165) is 35.4 Å². The first kappa shape index (κ1) is 12.0. The van der Waals surface area contributed by atoms with Crippen molar-refractivity contribution in [2.45, 2.75) is 18.9 Å². The largest absolute Gasteiger partial charge is 0.497 e. The molecular weight excluding hydrogens is 241 g/mol. The quantitative estimate of drug-likeness (QED) is 0.899. The van der Waals surface area contributed by atoms with E-state index in [2.05, 4.69) is 5.32 Å². The van der Waals surface area contributed by atoms with Gasteiger partial charge in [0.2, 0.25) is 0 Å². The number of nitrogens with one attached hydrogen (secondary N) is 1. The normalized spacial score (nSPS) is 17.1. The van der Waals surface area contributed by atoms with Crippen molar-refractivity contribution in [3.8, 4) is 5.75 Å². The average Bonchev–Trinajstić information content (AvgIpc) is 2.84. The summed E-state index contributed by atoms with van der Waals surface area (Å²) in [7, 11) is 1.65. The van der Waals surface area contributed by atoms with Gasteiger partial charge in [0, 0.05) is 11.8 Å². The zero-order valence-electron chi connectivity index (χ0n) is 10.8. The SMILES string of the molecule is COc1cccc(NC2CCc3c(F)cccc32)c1. The van der Waals surface area contributed by atoms with E-state index in [0.29, 0.717) is 0 Å². The lowest BCUT2D eigenvalue weighted by molar-refractivity contribution is 0.415. The first-order valence-electron chi connectivity index (χ1n) is 6.46. The van der Waals surface area contributed by atoms with Crippen LogP contribution < -0.4 is 10.1 Å². The molecule has 0 amide bonds. The molecule has 2 nitrogen and oxygen atoms in total. The number of fused-ring (bicyclic) bond motifs is 1. The fraction of sp³-hybridized carbons (Fsp3) is 0.250. The molecule has 0 saturated heterocycles. The van der Waals surface area contributed by atoms with Crippen LogP contribution in [0, 0.1) is 5.82 Å². The Bertz CT molecular complexity index is 597. The van der Waals surface area contributed by atoms with Gasteiger partial charge < -0.3 is 10.1 Å². The van der Waals surface area contributed by atoms with Crippen LogP contribution in [0.4, 0.5) is 10.1 Å². The minimum atomic E-state index is -0.0903. The molecule has 98 valence electrons. The molecule has 0 heterocycles. The number of benzene rings is 2. The third-order valence-electron chi connectivity index (χ3n) is 3.62. The molecule has 0 aliphatic heterocycles. The summed E-state index contributed by atoms with van der Waals surface area (Å²) in [6.45, 7) is 0.